The van der Waals surface area contributed by atoms with Gasteiger partial charge in [0.15, 0.2) is 0 Å². The predicted octanol–water partition coefficient (Wildman–Crippen LogP) is -0.281. The van der Waals surface area contributed by atoms with Crippen molar-refractivity contribution in [3.05, 3.63) is 0 Å². The molecule has 0 fully saturated rings. The fourth-order valence-corrected chi connectivity index (χ4v) is 0. The summed E-state index contributed by atoms with van der Waals surface area (Å²) in [5, 5.41) is 0. The molecule has 0 aliphatic carbocycles. The maximum absolute atomic E-state index is 0. The van der Waals surface area contributed by atoms with Crippen LogP contribution in [-0.2, 0) is 0 Å². The topological polar surface area (TPSA) is 0 Å². The Labute approximate surface area is 63.4 Å². The van der Waals surface area contributed by atoms with Crippen molar-refractivity contribution in [1.82, 2.24) is 0 Å². The molecule has 0 heterocycles. The Balaban J connectivity index is 0. The molecule has 0 bridgehead atoms. The quantitative estimate of drug-likeness (QED) is 0.318. The van der Waals surface area contributed by atoms with E-state index in [9.17, 15) is 0 Å². The molecule has 13 valence electrons. The van der Waals surface area contributed by atoms with Gasteiger partial charge in [0.25, 0.3) is 0 Å². The molecule has 0 unspecified atom stereocenters. The molecule has 0 aromatic heterocycles. The molecular weight excluding hydrogens is 138 g/mol. The van der Waals surface area contributed by atoms with E-state index in [4.69, 9.17) is 0 Å². The van der Waals surface area contributed by atoms with Crippen molar-refractivity contribution >= 4 is 63.7 Å². The van der Waals surface area contributed by atoms with E-state index in [1.165, 1.54) is 0 Å². The van der Waals surface area contributed by atoms with Gasteiger partial charge in [-0.05, 0) is 0 Å². The van der Waals surface area contributed by atoms with Gasteiger partial charge in [0, 0.05) is 63.7 Å². The second-order valence-electron chi connectivity index (χ2n) is 0. The summed E-state index contributed by atoms with van der Waals surface area (Å²) in [4.78, 5) is 0. The zero-order valence-electron chi connectivity index (χ0n) is 2.52. The van der Waals surface area contributed by atoms with Gasteiger partial charge in [0.2, 0.25) is 0 Å². The molecule has 4 heavy (non-hydrogen) atoms. The van der Waals surface area contributed by atoms with E-state index in [0.717, 1.165) is 0 Å². The third kappa shape index (κ3) is 8.93. The molecule has 0 spiro atoms. The first kappa shape index (κ1) is 35.9. The standard InChI is InChI=1S/Al.Ge.Li.P. The molecular formula is AlGeLiP. The van der Waals surface area contributed by atoms with Crippen LogP contribution in [0.3, 0.4) is 0 Å². The molecule has 11 radical (unpaired) electrons. The first-order valence-corrected chi connectivity index (χ1v) is 0. The van der Waals surface area contributed by atoms with E-state index in [1.54, 1.807) is 0 Å². The Hall–Kier alpha value is 2.10. The summed E-state index contributed by atoms with van der Waals surface area (Å²) < 4.78 is 0. The van der Waals surface area contributed by atoms with Crippen molar-refractivity contribution in [3.8, 4) is 0 Å². The van der Waals surface area contributed by atoms with Crippen LogP contribution in [0.15, 0.2) is 0 Å². The van der Waals surface area contributed by atoms with Crippen LogP contribution in [0.4, 0.5) is 0 Å². The van der Waals surface area contributed by atoms with Crippen LogP contribution in [0.25, 0.3) is 0 Å². The van der Waals surface area contributed by atoms with Crippen LogP contribution < -0.4 is 0 Å². The average molecular weight is 138 g/mol. The smallest absolute Gasteiger partial charge is 0 e. The second kappa shape index (κ2) is 19.4. The maximum atomic E-state index is 0. The average Bonchev–Trinajstić information content (AvgIpc) is 0. The third-order valence-electron chi connectivity index (χ3n) is 0. The number of hydrogen-bond acceptors (Lipinski definition) is 0. The Bertz CT molecular complexity index is 8.00. The van der Waals surface area contributed by atoms with Gasteiger partial charge in [-0.15, -0.1) is 0 Å². The Morgan fingerprint density at radius 1 is 1.00 bits per heavy atom. The minimum atomic E-state index is 0. The summed E-state index contributed by atoms with van der Waals surface area (Å²) in [5.41, 5.74) is 0. The molecule has 0 atom stereocenters. The fourth-order valence-electron chi connectivity index (χ4n) is 0. The van der Waals surface area contributed by atoms with Gasteiger partial charge in [0.1, 0.15) is 0 Å². The number of rotatable bonds is 0. The van der Waals surface area contributed by atoms with Gasteiger partial charge in [0.05, 0.1) is 0 Å². The summed E-state index contributed by atoms with van der Waals surface area (Å²) in [6, 6.07) is 0. The van der Waals surface area contributed by atoms with E-state index in [0.29, 0.717) is 0 Å². The van der Waals surface area contributed by atoms with E-state index in [1.807, 2.05) is 0 Å². The predicted molar refractivity (Wildman–Crippen MR) is 24.2 cm³/mol. The van der Waals surface area contributed by atoms with Crippen molar-refractivity contribution in [2.45, 2.75) is 0 Å². The first-order valence-electron chi connectivity index (χ1n) is 0. The first-order chi connectivity index (χ1) is 0. The van der Waals surface area contributed by atoms with Gasteiger partial charge < -0.3 is 0 Å². The largest absolute Gasteiger partial charge is 0 e. The summed E-state index contributed by atoms with van der Waals surface area (Å²) in [6.07, 6.45) is 0. The molecule has 0 saturated carbocycles. The van der Waals surface area contributed by atoms with Crippen LogP contribution in [0, 0.1) is 0 Å². The van der Waals surface area contributed by atoms with Crippen LogP contribution in [0.5, 0.6) is 0 Å². The van der Waals surface area contributed by atoms with E-state index >= 15 is 0 Å². The zero-order chi connectivity index (χ0) is 0. The number of hydrogen-bond donors (Lipinski definition) is 0. The molecule has 4 heteroatoms. The van der Waals surface area contributed by atoms with E-state index in [2.05, 4.69) is 0 Å². The van der Waals surface area contributed by atoms with E-state index < -0.39 is 0 Å². The molecule has 0 aromatic rings. The van der Waals surface area contributed by atoms with Crippen molar-refractivity contribution < 1.29 is 0 Å². The van der Waals surface area contributed by atoms with Crippen LogP contribution in [0.2, 0.25) is 0 Å². The molecule has 0 saturated heterocycles. The summed E-state index contributed by atoms with van der Waals surface area (Å²) in [7, 11) is 0. The van der Waals surface area contributed by atoms with Gasteiger partial charge >= 0.3 is 0 Å². The summed E-state index contributed by atoms with van der Waals surface area (Å²) >= 11 is 0. The fraction of sp³-hybridized carbons (Fsp3) is 0. The van der Waals surface area contributed by atoms with Gasteiger partial charge in [-0.25, -0.2) is 0 Å². The maximum Gasteiger partial charge on any atom is 0 e. The summed E-state index contributed by atoms with van der Waals surface area (Å²) in [5.74, 6) is 0. The molecule has 0 amide bonds. The van der Waals surface area contributed by atoms with Crippen molar-refractivity contribution in [2.75, 3.05) is 0 Å². The van der Waals surface area contributed by atoms with E-state index in [-0.39, 0.29) is 63.7 Å². The third-order valence-corrected chi connectivity index (χ3v) is 0. The van der Waals surface area contributed by atoms with Crippen molar-refractivity contribution in [2.24, 2.45) is 0 Å². The SMILES string of the molecule is [Al].[Ge].[Li].[P]. The van der Waals surface area contributed by atoms with Crippen molar-refractivity contribution in [1.29, 1.82) is 0 Å². The normalized spacial score (nSPS) is 0. The molecule has 0 N–H and O–H groups in total. The van der Waals surface area contributed by atoms with Crippen LogP contribution in [-0.4, -0.2) is 53.8 Å². The second-order valence-corrected chi connectivity index (χ2v) is 0. The molecule has 0 aliphatic heterocycles. The Morgan fingerprint density at radius 3 is 1.00 bits per heavy atom. The van der Waals surface area contributed by atoms with Gasteiger partial charge in [-0.3, -0.25) is 0 Å². The molecule has 0 rings (SSSR count). The summed E-state index contributed by atoms with van der Waals surface area (Å²) in [6.45, 7) is 0. The Morgan fingerprint density at radius 2 is 1.00 bits per heavy atom. The van der Waals surface area contributed by atoms with Crippen molar-refractivity contribution in [3.63, 3.8) is 0 Å². The molecule has 0 aromatic carbocycles. The van der Waals surface area contributed by atoms with Gasteiger partial charge in [-0.2, -0.15) is 0 Å². The molecule has 0 nitrogen and oxygen atoms in total. The van der Waals surface area contributed by atoms with Crippen LogP contribution >= 0.6 is 9.90 Å². The minimum Gasteiger partial charge on any atom is 0 e. The van der Waals surface area contributed by atoms with Gasteiger partial charge in [-0.1, -0.05) is 0 Å². The van der Waals surface area contributed by atoms with Crippen LogP contribution in [0.1, 0.15) is 0 Å². The molecule has 0 aliphatic rings. The minimum absolute atomic E-state index is 0. The monoisotopic (exact) mass is 139 g/mol. The zero-order valence-corrected chi connectivity index (χ0v) is 6.67. The Kier molecular flexibility index (Phi) is 175.